The van der Waals surface area contributed by atoms with E-state index in [1.807, 2.05) is 53.4 Å². The van der Waals surface area contributed by atoms with Crippen LogP contribution in [0.2, 0.25) is 0 Å². The summed E-state index contributed by atoms with van der Waals surface area (Å²) < 4.78 is 0. The number of nitrogens with one attached hydrogen (secondary N) is 1. The fourth-order valence-corrected chi connectivity index (χ4v) is 4.30. The monoisotopic (exact) mass is 374 g/mol. The third kappa shape index (κ3) is 2.85. The fourth-order valence-electron chi connectivity index (χ4n) is 4.30. The Kier molecular flexibility index (Phi) is 4.11. The number of amides is 2. The summed E-state index contributed by atoms with van der Waals surface area (Å²) in [7, 11) is 0. The molecule has 2 aliphatic heterocycles. The number of fused-ring (bicyclic) bond motifs is 1. The van der Waals surface area contributed by atoms with Crippen molar-refractivity contribution in [1.29, 1.82) is 0 Å². The highest BCUT2D eigenvalue weighted by molar-refractivity contribution is 5.97. The van der Waals surface area contributed by atoms with Crippen LogP contribution in [0.4, 0.5) is 5.69 Å². The molecule has 2 saturated heterocycles. The van der Waals surface area contributed by atoms with E-state index in [1.165, 1.54) is 0 Å². The van der Waals surface area contributed by atoms with Crippen LogP contribution in [0.15, 0.2) is 48.5 Å². The van der Waals surface area contributed by atoms with E-state index in [9.17, 15) is 9.59 Å². The standard InChI is InChI=1S/C22H22N4O2/c27-20-8-4-13-25(20)16-11-9-15(10-12-16)22(28)26-14-3-7-19(26)21-23-17-5-1-2-6-18(17)24-21/h1-2,5-6,9-12,19H,3-4,7-8,13-14H2,(H,23,24). The summed E-state index contributed by atoms with van der Waals surface area (Å²) in [5.41, 5.74) is 3.44. The van der Waals surface area contributed by atoms with Crippen molar-refractivity contribution in [2.45, 2.75) is 31.7 Å². The van der Waals surface area contributed by atoms with Gasteiger partial charge in [0.15, 0.2) is 0 Å². The summed E-state index contributed by atoms with van der Waals surface area (Å²) >= 11 is 0. The van der Waals surface area contributed by atoms with Crippen molar-refractivity contribution < 1.29 is 9.59 Å². The number of rotatable bonds is 3. The molecule has 0 bridgehead atoms. The summed E-state index contributed by atoms with van der Waals surface area (Å²) in [5.74, 6) is 1.03. The number of aromatic amines is 1. The highest BCUT2D eigenvalue weighted by Gasteiger charge is 2.33. The molecular formula is C22H22N4O2. The first kappa shape index (κ1) is 17.0. The fraction of sp³-hybridized carbons (Fsp3) is 0.318. The Bertz CT molecular complexity index is 1010. The Morgan fingerprint density at radius 2 is 1.86 bits per heavy atom. The molecule has 28 heavy (non-hydrogen) atoms. The highest BCUT2D eigenvalue weighted by atomic mass is 16.2. The first-order valence-corrected chi connectivity index (χ1v) is 9.87. The van der Waals surface area contributed by atoms with Crippen molar-refractivity contribution in [2.75, 3.05) is 18.0 Å². The van der Waals surface area contributed by atoms with E-state index in [0.29, 0.717) is 12.0 Å². The second-order valence-corrected chi connectivity index (χ2v) is 7.49. The van der Waals surface area contributed by atoms with E-state index < -0.39 is 0 Å². The van der Waals surface area contributed by atoms with Crippen molar-refractivity contribution in [2.24, 2.45) is 0 Å². The Balaban J connectivity index is 1.38. The molecule has 1 unspecified atom stereocenters. The molecule has 2 amide bonds. The van der Waals surface area contributed by atoms with Crippen LogP contribution in [0.1, 0.15) is 47.9 Å². The normalized spacial score (nSPS) is 19.7. The second-order valence-electron chi connectivity index (χ2n) is 7.49. The molecule has 2 fully saturated rings. The summed E-state index contributed by atoms with van der Waals surface area (Å²) in [6.45, 7) is 1.49. The maximum atomic E-state index is 13.1. The number of nitrogens with zero attached hydrogens (tertiary/aromatic N) is 3. The van der Waals surface area contributed by atoms with Crippen LogP contribution >= 0.6 is 0 Å². The highest BCUT2D eigenvalue weighted by Crippen LogP contribution is 2.33. The predicted octanol–water partition coefficient (Wildman–Crippen LogP) is 3.67. The Morgan fingerprint density at radius 1 is 1.04 bits per heavy atom. The van der Waals surface area contributed by atoms with Crippen LogP contribution in [0.3, 0.4) is 0 Å². The van der Waals surface area contributed by atoms with E-state index in [0.717, 1.165) is 54.9 Å². The minimum atomic E-state index is -0.0280. The summed E-state index contributed by atoms with van der Waals surface area (Å²) in [5, 5.41) is 0. The van der Waals surface area contributed by atoms with Gasteiger partial charge in [0, 0.05) is 30.8 Å². The van der Waals surface area contributed by atoms with Crippen molar-refractivity contribution in [3.05, 3.63) is 59.9 Å². The molecule has 3 heterocycles. The molecule has 1 N–H and O–H groups in total. The third-order valence-electron chi connectivity index (χ3n) is 5.74. The number of imidazole rings is 1. The van der Waals surface area contributed by atoms with E-state index >= 15 is 0 Å². The van der Waals surface area contributed by atoms with Gasteiger partial charge in [-0.1, -0.05) is 12.1 Å². The molecule has 6 heteroatoms. The number of H-pyrrole nitrogens is 1. The molecule has 2 aromatic carbocycles. The van der Waals surface area contributed by atoms with Gasteiger partial charge < -0.3 is 14.8 Å². The molecule has 1 atom stereocenters. The molecule has 0 radical (unpaired) electrons. The van der Waals surface area contributed by atoms with Crippen LogP contribution in [-0.2, 0) is 4.79 Å². The number of hydrogen-bond acceptors (Lipinski definition) is 3. The number of carbonyl (C=O) groups excluding carboxylic acids is 2. The van der Waals surface area contributed by atoms with Crippen molar-refractivity contribution in [3.8, 4) is 0 Å². The quantitative estimate of drug-likeness (QED) is 0.760. The lowest BCUT2D eigenvalue weighted by atomic mass is 10.1. The number of aromatic nitrogens is 2. The number of anilines is 1. The first-order chi connectivity index (χ1) is 13.7. The van der Waals surface area contributed by atoms with Crippen molar-refractivity contribution >= 4 is 28.5 Å². The van der Waals surface area contributed by atoms with Gasteiger partial charge in [0.1, 0.15) is 5.82 Å². The molecule has 6 nitrogen and oxygen atoms in total. The van der Waals surface area contributed by atoms with Crippen LogP contribution in [0.5, 0.6) is 0 Å². The number of likely N-dealkylation sites (tertiary alicyclic amines) is 1. The second kappa shape index (κ2) is 6.78. The zero-order chi connectivity index (χ0) is 19.1. The lowest BCUT2D eigenvalue weighted by Crippen LogP contribution is -2.31. The van der Waals surface area contributed by atoms with E-state index in [4.69, 9.17) is 4.98 Å². The summed E-state index contributed by atoms with van der Waals surface area (Å²) in [6, 6.07) is 15.3. The van der Waals surface area contributed by atoms with Gasteiger partial charge in [-0.25, -0.2) is 4.98 Å². The van der Waals surface area contributed by atoms with Crippen LogP contribution < -0.4 is 4.90 Å². The number of hydrogen-bond donors (Lipinski definition) is 1. The lowest BCUT2D eigenvalue weighted by Gasteiger charge is -2.23. The Labute approximate surface area is 163 Å². The maximum Gasteiger partial charge on any atom is 0.254 e. The van der Waals surface area contributed by atoms with Gasteiger partial charge in [-0.3, -0.25) is 9.59 Å². The SMILES string of the molecule is O=C1CCCN1c1ccc(C(=O)N2CCCC2c2nc3ccccc3[nH]2)cc1. The van der Waals surface area contributed by atoms with Gasteiger partial charge in [0.25, 0.3) is 5.91 Å². The van der Waals surface area contributed by atoms with Crippen LogP contribution in [0.25, 0.3) is 11.0 Å². The molecule has 1 aromatic heterocycles. The summed E-state index contributed by atoms with van der Waals surface area (Å²) in [4.78, 5) is 36.8. The van der Waals surface area contributed by atoms with Crippen molar-refractivity contribution in [3.63, 3.8) is 0 Å². The van der Waals surface area contributed by atoms with Gasteiger partial charge in [0.2, 0.25) is 5.91 Å². The van der Waals surface area contributed by atoms with Gasteiger partial charge in [-0.05, 0) is 55.7 Å². The van der Waals surface area contributed by atoms with Gasteiger partial charge in [0.05, 0.1) is 17.1 Å². The van der Waals surface area contributed by atoms with E-state index in [2.05, 4.69) is 4.98 Å². The van der Waals surface area contributed by atoms with E-state index in [-0.39, 0.29) is 17.9 Å². The number of para-hydroxylation sites is 2. The van der Waals surface area contributed by atoms with Gasteiger partial charge in [-0.2, -0.15) is 0 Å². The molecule has 0 aliphatic carbocycles. The number of carbonyl (C=O) groups is 2. The minimum Gasteiger partial charge on any atom is -0.340 e. The third-order valence-corrected chi connectivity index (χ3v) is 5.74. The maximum absolute atomic E-state index is 13.1. The zero-order valence-electron chi connectivity index (χ0n) is 15.6. The topological polar surface area (TPSA) is 69.3 Å². The zero-order valence-corrected chi connectivity index (χ0v) is 15.6. The molecular weight excluding hydrogens is 352 g/mol. The number of benzene rings is 2. The molecule has 5 rings (SSSR count). The molecule has 3 aromatic rings. The molecule has 2 aliphatic rings. The van der Waals surface area contributed by atoms with Crippen molar-refractivity contribution in [1.82, 2.24) is 14.9 Å². The molecule has 142 valence electrons. The smallest absolute Gasteiger partial charge is 0.254 e. The Morgan fingerprint density at radius 3 is 2.61 bits per heavy atom. The molecule has 0 saturated carbocycles. The van der Waals surface area contributed by atoms with Crippen LogP contribution in [-0.4, -0.2) is 39.8 Å². The largest absolute Gasteiger partial charge is 0.340 e. The average Bonchev–Trinajstić information content (AvgIpc) is 3.46. The average molecular weight is 374 g/mol. The predicted molar refractivity (Wildman–Crippen MR) is 107 cm³/mol. The summed E-state index contributed by atoms with van der Waals surface area (Å²) in [6.07, 6.45) is 3.37. The Hall–Kier alpha value is -3.15. The molecule has 0 spiro atoms. The van der Waals surface area contributed by atoms with E-state index in [1.54, 1.807) is 4.90 Å². The minimum absolute atomic E-state index is 0.0160. The van der Waals surface area contributed by atoms with Crippen LogP contribution in [0, 0.1) is 0 Å². The van der Waals surface area contributed by atoms with Gasteiger partial charge >= 0.3 is 0 Å². The van der Waals surface area contributed by atoms with Gasteiger partial charge in [-0.15, -0.1) is 0 Å². The lowest BCUT2D eigenvalue weighted by molar-refractivity contribution is -0.117. The first-order valence-electron chi connectivity index (χ1n) is 9.87.